The Kier molecular flexibility index (Phi) is 6.41. The number of aliphatic imine (C=N–C) groups is 1. The highest BCUT2D eigenvalue weighted by Gasteiger charge is 2.31. The van der Waals surface area contributed by atoms with Crippen LogP contribution < -0.4 is 5.32 Å². The van der Waals surface area contributed by atoms with Gasteiger partial charge in [-0.15, -0.1) is 0 Å². The number of hydrogen-bond donors (Lipinski definition) is 2. The minimum absolute atomic E-state index is 0.447. The molecule has 0 bridgehead atoms. The molecule has 0 spiro atoms. The normalized spacial score (nSPS) is 21.9. The Bertz CT molecular complexity index is 518. The minimum Gasteiger partial charge on any atom is -0.387 e. The van der Waals surface area contributed by atoms with Crippen molar-refractivity contribution in [3.05, 3.63) is 34.9 Å². The molecule has 1 saturated heterocycles. The van der Waals surface area contributed by atoms with Crippen molar-refractivity contribution < 1.29 is 5.11 Å². The van der Waals surface area contributed by atoms with E-state index < -0.39 is 5.60 Å². The van der Waals surface area contributed by atoms with Gasteiger partial charge in [0.2, 0.25) is 0 Å². The molecule has 1 unspecified atom stereocenters. The zero-order valence-corrected chi connectivity index (χ0v) is 14.8. The Morgan fingerprint density at radius 3 is 3.00 bits per heavy atom. The van der Waals surface area contributed by atoms with Crippen LogP contribution in [-0.4, -0.2) is 53.2 Å². The lowest BCUT2D eigenvalue weighted by molar-refractivity contribution is 0.0776. The van der Waals surface area contributed by atoms with Crippen LogP contribution in [0, 0.1) is 0 Å². The molecular weight excluding hydrogens is 318 g/mol. The predicted octanol–water partition coefficient (Wildman–Crippen LogP) is 2.61. The molecule has 2 rings (SSSR count). The molecule has 0 amide bonds. The predicted molar refractivity (Wildman–Crippen MR) is 95.8 cm³/mol. The Morgan fingerprint density at radius 2 is 2.36 bits per heavy atom. The van der Waals surface area contributed by atoms with Gasteiger partial charge in [0.15, 0.2) is 5.96 Å². The number of benzene rings is 1. The second kappa shape index (κ2) is 8.09. The fourth-order valence-electron chi connectivity index (χ4n) is 2.40. The highest BCUT2D eigenvalue weighted by Crippen LogP contribution is 2.27. The van der Waals surface area contributed by atoms with Gasteiger partial charge in [-0.05, 0) is 36.8 Å². The molecule has 0 aromatic heterocycles. The van der Waals surface area contributed by atoms with Crippen molar-refractivity contribution in [3.8, 4) is 0 Å². The summed E-state index contributed by atoms with van der Waals surface area (Å²) < 4.78 is 0. The Labute approximate surface area is 142 Å². The minimum atomic E-state index is -0.651. The zero-order chi connectivity index (χ0) is 16.0. The number of thioether (sulfide) groups is 1. The maximum Gasteiger partial charge on any atom is 0.194 e. The number of rotatable bonds is 5. The molecule has 1 atom stereocenters. The molecule has 1 aromatic carbocycles. The number of guanidine groups is 1. The molecule has 6 heteroatoms. The Morgan fingerprint density at radius 1 is 1.55 bits per heavy atom. The van der Waals surface area contributed by atoms with E-state index >= 15 is 0 Å². The van der Waals surface area contributed by atoms with E-state index in [-0.39, 0.29) is 0 Å². The third-order valence-electron chi connectivity index (χ3n) is 3.61. The van der Waals surface area contributed by atoms with Crippen LogP contribution in [-0.2, 0) is 6.54 Å². The van der Waals surface area contributed by atoms with Crippen LogP contribution in [0.15, 0.2) is 29.3 Å². The highest BCUT2D eigenvalue weighted by molar-refractivity contribution is 7.99. The monoisotopic (exact) mass is 341 g/mol. The van der Waals surface area contributed by atoms with E-state index in [1.165, 1.54) is 0 Å². The largest absolute Gasteiger partial charge is 0.387 e. The van der Waals surface area contributed by atoms with Crippen molar-refractivity contribution in [2.24, 2.45) is 4.99 Å². The van der Waals surface area contributed by atoms with E-state index in [2.05, 4.69) is 15.2 Å². The first-order valence-corrected chi connectivity index (χ1v) is 9.10. The maximum absolute atomic E-state index is 10.4. The molecule has 0 saturated carbocycles. The number of nitrogens with one attached hydrogen (secondary N) is 1. The van der Waals surface area contributed by atoms with Crippen LogP contribution in [0.2, 0.25) is 5.02 Å². The molecule has 1 heterocycles. The second-order valence-electron chi connectivity index (χ2n) is 5.68. The number of hydrogen-bond acceptors (Lipinski definition) is 3. The molecule has 1 aliphatic rings. The lowest BCUT2D eigenvalue weighted by Gasteiger charge is -2.24. The van der Waals surface area contributed by atoms with Gasteiger partial charge in [0.05, 0.1) is 12.1 Å². The first-order chi connectivity index (χ1) is 10.5. The van der Waals surface area contributed by atoms with E-state index in [1.807, 2.05) is 38.2 Å². The van der Waals surface area contributed by atoms with E-state index in [0.717, 1.165) is 47.6 Å². The van der Waals surface area contributed by atoms with Crippen molar-refractivity contribution in [2.75, 3.05) is 31.6 Å². The number of halogens is 1. The summed E-state index contributed by atoms with van der Waals surface area (Å²) in [6, 6.07) is 7.83. The third kappa shape index (κ3) is 5.07. The molecule has 0 radical (unpaired) electrons. The van der Waals surface area contributed by atoms with Gasteiger partial charge in [-0.3, -0.25) is 4.99 Å². The lowest BCUT2D eigenvalue weighted by atomic mass is 10.0. The van der Waals surface area contributed by atoms with Crippen LogP contribution >= 0.6 is 23.4 Å². The molecule has 2 N–H and O–H groups in total. The van der Waals surface area contributed by atoms with Crippen molar-refractivity contribution in [1.82, 2.24) is 10.2 Å². The fraction of sp³-hybridized carbons (Fsp3) is 0.562. The smallest absolute Gasteiger partial charge is 0.194 e. The standard InChI is InChI=1S/C16H24ClN3OS/c1-3-18-15(19-11-16(21)7-8-22-12-16)20(2)10-13-5-4-6-14(17)9-13/h4-6,9,21H,3,7-8,10-12H2,1-2H3,(H,18,19). The van der Waals surface area contributed by atoms with Gasteiger partial charge in [0.25, 0.3) is 0 Å². The van der Waals surface area contributed by atoms with Crippen molar-refractivity contribution in [2.45, 2.75) is 25.5 Å². The molecule has 1 aliphatic heterocycles. The van der Waals surface area contributed by atoms with E-state index in [1.54, 1.807) is 11.8 Å². The van der Waals surface area contributed by atoms with Crippen LogP contribution in [0.3, 0.4) is 0 Å². The summed E-state index contributed by atoms with van der Waals surface area (Å²) in [5.41, 5.74) is 0.484. The Hall–Kier alpha value is -0.910. The molecule has 122 valence electrons. The second-order valence-corrected chi connectivity index (χ2v) is 7.22. The van der Waals surface area contributed by atoms with Gasteiger partial charge < -0.3 is 15.3 Å². The summed E-state index contributed by atoms with van der Waals surface area (Å²) >= 11 is 7.83. The number of aliphatic hydroxyl groups is 1. The van der Waals surface area contributed by atoms with Gasteiger partial charge in [0, 0.05) is 30.9 Å². The van der Waals surface area contributed by atoms with Crippen molar-refractivity contribution in [3.63, 3.8) is 0 Å². The molecule has 22 heavy (non-hydrogen) atoms. The summed E-state index contributed by atoms with van der Waals surface area (Å²) in [5, 5.41) is 14.4. The fourth-order valence-corrected chi connectivity index (χ4v) is 3.89. The van der Waals surface area contributed by atoms with Crippen LogP contribution in [0.5, 0.6) is 0 Å². The average molecular weight is 342 g/mol. The molecule has 4 nitrogen and oxygen atoms in total. The van der Waals surface area contributed by atoms with E-state index in [4.69, 9.17) is 11.6 Å². The van der Waals surface area contributed by atoms with Gasteiger partial charge in [-0.2, -0.15) is 11.8 Å². The summed E-state index contributed by atoms with van der Waals surface area (Å²) in [5.74, 6) is 2.60. The summed E-state index contributed by atoms with van der Waals surface area (Å²) in [4.78, 5) is 6.68. The summed E-state index contributed by atoms with van der Waals surface area (Å²) in [7, 11) is 2.00. The SMILES string of the molecule is CCNC(=NCC1(O)CCSC1)N(C)Cc1cccc(Cl)c1. The first-order valence-electron chi connectivity index (χ1n) is 7.56. The number of nitrogens with zero attached hydrogens (tertiary/aromatic N) is 2. The van der Waals surface area contributed by atoms with Crippen LogP contribution in [0.25, 0.3) is 0 Å². The third-order valence-corrected chi connectivity index (χ3v) is 5.08. The van der Waals surface area contributed by atoms with E-state index in [9.17, 15) is 5.11 Å². The zero-order valence-electron chi connectivity index (χ0n) is 13.2. The topological polar surface area (TPSA) is 47.9 Å². The quantitative estimate of drug-likeness (QED) is 0.638. The summed E-state index contributed by atoms with van der Waals surface area (Å²) in [6.07, 6.45) is 0.818. The maximum atomic E-state index is 10.4. The molecule has 1 fully saturated rings. The highest BCUT2D eigenvalue weighted by atomic mass is 35.5. The molecule has 0 aliphatic carbocycles. The van der Waals surface area contributed by atoms with Gasteiger partial charge in [0.1, 0.15) is 0 Å². The van der Waals surface area contributed by atoms with Crippen LogP contribution in [0.4, 0.5) is 0 Å². The Balaban J connectivity index is 2.02. The van der Waals surface area contributed by atoms with Crippen molar-refractivity contribution in [1.29, 1.82) is 0 Å². The van der Waals surface area contributed by atoms with Crippen LogP contribution in [0.1, 0.15) is 18.9 Å². The molecular formula is C16H24ClN3OS. The van der Waals surface area contributed by atoms with Gasteiger partial charge in [-0.25, -0.2) is 0 Å². The van der Waals surface area contributed by atoms with Gasteiger partial charge >= 0.3 is 0 Å². The first kappa shape index (κ1) is 17.4. The van der Waals surface area contributed by atoms with E-state index in [0.29, 0.717) is 6.54 Å². The van der Waals surface area contributed by atoms with Crippen molar-refractivity contribution >= 4 is 29.3 Å². The lowest BCUT2D eigenvalue weighted by Crippen LogP contribution is -2.41. The van der Waals surface area contributed by atoms with Gasteiger partial charge in [-0.1, -0.05) is 23.7 Å². The molecule has 1 aromatic rings. The summed E-state index contributed by atoms with van der Waals surface area (Å²) in [6.45, 7) is 4.01. The average Bonchev–Trinajstić information content (AvgIpc) is 2.90.